The minimum absolute atomic E-state index is 0.0692. The van der Waals surface area contributed by atoms with Crippen LogP contribution in [0.1, 0.15) is 54.0 Å². The largest absolute Gasteiger partial charge is 0.455 e. The summed E-state index contributed by atoms with van der Waals surface area (Å²) in [4.78, 5) is 30.4. The molecule has 0 saturated heterocycles. The molecule has 0 aliphatic carbocycles. The number of amides is 1. The number of aromatic nitrogens is 1. The summed E-state index contributed by atoms with van der Waals surface area (Å²) < 4.78 is 6.40. The number of anilines is 1. The standard InChI is InChI=1S/C29H31N3O4/c1-17-14-21(19(3)32-23-12-9-13-30-24(23)28(34)31-16-29(4,5)35)27-22(15-17)25(33)18(2)26(36-27)20-10-7-6-8-11-20/h6-15,19,32,35H,16H2,1-5H3,(H,31,34). The molecule has 0 spiro atoms. The number of fused-ring (bicyclic) bond motifs is 1. The van der Waals surface area contributed by atoms with Gasteiger partial charge in [0.05, 0.1) is 22.7 Å². The van der Waals surface area contributed by atoms with E-state index in [0.29, 0.717) is 28.0 Å². The molecule has 7 heteroatoms. The van der Waals surface area contributed by atoms with Gasteiger partial charge in [0.2, 0.25) is 0 Å². The van der Waals surface area contributed by atoms with Crippen LogP contribution in [0.3, 0.4) is 0 Å². The molecule has 0 aliphatic heterocycles. The summed E-state index contributed by atoms with van der Waals surface area (Å²) in [7, 11) is 0. The summed E-state index contributed by atoms with van der Waals surface area (Å²) in [5.74, 6) is 0.147. The molecule has 7 nitrogen and oxygen atoms in total. The zero-order chi connectivity index (χ0) is 26.0. The van der Waals surface area contributed by atoms with E-state index in [1.807, 2.05) is 56.3 Å². The Kier molecular flexibility index (Phi) is 6.95. The van der Waals surface area contributed by atoms with E-state index < -0.39 is 11.5 Å². The fraction of sp³-hybridized carbons (Fsp3) is 0.276. The minimum Gasteiger partial charge on any atom is -0.455 e. The third-order valence-electron chi connectivity index (χ3n) is 5.97. The number of nitrogens with zero attached hydrogens (tertiary/aromatic N) is 1. The van der Waals surface area contributed by atoms with Crippen LogP contribution in [0.25, 0.3) is 22.3 Å². The second-order valence-electron chi connectivity index (χ2n) is 9.74. The first-order chi connectivity index (χ1) is 17.0. The summed E-state index contributed by atoms with van der Waals surface area (Å²) in [6, 6.07) is 16.6. The summed E-state index contributed by atoms with van der Waals surface area (Å²) in [6.45, 7) is 9.00. The van der Waals surface area contributed by atoms with E-state index in [-0.39, 0.29) is 23.7 Å². The molecule has 0 bridgehead atoms. The number of carbonyl (C=O) groups is 1. The van der Waals surface area contributed by atoms with Crippen molar-refractivity contribution in [2.45, 2.75) is 46.3 Å². The first-order valence-corrected chi connectivity index (χ1v) is 11.9. The van der Waals surface area contributed by atoms with Crippen molar-refractivity contribution in [3.8, 4) is 11.3 Å². The third kappa shape index (κ3) is 5.31. The Balaban J connectivity index is 1.76. The Hall–Kier alpha value is -3.97. The van der Waals surface area contributed by atoms with E-state index >= 15 is 0 Å². The molecule has 0 fully saturated rings. The molecule has 0 saturated carbocycles. The Bertz CT molecular complexity index is 1470. The van der Waals surface area contributed by atoms with E-state index in [1.165, 1.54) is 0 Å². The molecule has 4 rings (SSSR count). The van der Waals surface area contributed by atoms with E-state index in [9.17, 15) is 14.7 Å². The van der Waals surface area contributed by atoms with Gasteiger partial charge in [-0.05, 0) is 58.4 Å². The van der Waals surface area contributed by atoms with Crippen LogP contribution in [0.5, 0.6) is 0 Å². The van der Waals surface area contributed by atoms with E-state index in [4.69, 9.17) is 4.42 Å². The molecule has 2 heterocycles. The van der Waals surface area contributed by atoms with Gasteiger partial charge in [-0.2, -0.15) is 0 Å². The molecule has 1 unspecified atom stereocenters. The summed E-state index contributed by atoms with van der Waals surface area (Å²) >= 11 is 0. The zero-order valence-electron chi connectivity index (χ0n) is 21.2. The van der Waals surface area contributed by atoms with Gasteiger partial charge in [-0.25, -0.2) is 4.98 Å². The SMILES string of the molecule is Cc1cc(C(C)Nc2cccnc2C(=O)NCC(C)(C)O)c2oc(-c3ccccc3)c(C)c(=O)c2c1. The Morgan fingerprint density at radius 3 is 2.53 bits per heavy atom. The molecule has 0 radical (unpaired) electrons. The predicted molar refractivity (Wildman–Crippen MR) is 142 cm³/mol. The molecule has 36 heavy (non-hydrogen) atoms. The van der Waals surface area contributed by atoms with Crippen molar-refractivity contribution in [3.63, 3.8) is 0 Å². The molecule has 2 aromatic heterocycles. The number of aryl methyl sites for hydroxylation is 1. The van der Waals surface area contributed by atoms with E-state index in [0.717, 1.165) is 16.7 Å². The van der Waals surface area contributed by atoms with Crippen molar-refractivity contribution in [1.82, 2.24) is 10.3 Å². The van der Waals surface area contributed by atoms with Gasteiger partial charge in [0.25, 0.3) is 5.91 Å². The fourth-order valence-corrected chi connectivity index (χ4v) is 4.15. The lowest BCUT2D eigenvalue weighted by Gasteiger charge is -2.21. The highest BCUT2D eigenvalue weighted by atomic mass is 16.3. The number of rotatable bonds is 7. The van der Waals surface area contributed by atoms with Crippen LogP contribution in [0.2, 0.25) is 0 Å². The second-order valence-corrected chi connectivity index (χ2v) is 9.74. The smallest absolute Gasteiger partial charge is 0.272 e. The molecule has 1 atom stereocenters. The van der Waals surface area contributed by atoms with Gasteiger partial charge in [0, 0.05) is 29.4 Å². The van der Waals surface area contributed by atoms with Crippen LogP contribution in [0, 0.1) is 13.8 Å². The maximum Gasteiger partial charge on any atom is 0.272 e. The summed E-state index contributed by atoms with van der Waals surface area (Å²) in [5.41, 5.74) is 3.26. The lowest BCUT2D eigenvalue weighted by Crippen LogP contribution is -2.38. The van der Waals surface area contributed by atoms with Crippen molar-refractivity contribution in [2.75, 3.05) is 11.9 Å². The fourth-order valence-electron chi connectivity index (χ4n) is 4.15. The van der Waals surface area contributed by atoms with Gasteiger partial charge >= 0.3 is 0 Å². The average molecular weight is 486 g/mol. The van der Waals surface area contributed by atoms with Crippen molar-refractivity contribution in [3.05, 3.63) is 93.4 Å². The van der Waals surface area contributed by atoms with Crippen LogP contribution in [0.15, 0.2) is 70.0 Å². The molecule has 186 valence electrons. The van der Waals surface area contributed by atoms with Gasteiger partial charge in [0.1, 0.15) is 11.3 Å². The number of nitrogens with one attached hydrogen (secondary N) is 2. The topological polar surface area (TPSA) is 104 Å². The zero-order valence-corrected chi connectivity index (χ0v) is 21.2. The summed E-state index contributed by atoms with van der Waals surface area (Å²) in [5, 5.41) is 16.6. The lowest BCUT2D eigenvalue weighted by atomic mass is 9.98. The van der Waals surface area contributed by atoms with Crippen LogP contribution in [-0.4, -0.2) is 28.1 Å². The van der Waals surface area contributed by atoms with Crippen LogP contribution < -0.4 is 16.1 Å². The summed E-state index contributed by atoms with van der Waals surface area (Å²) in [6.07, 6.45) is 1.55. The average Bonchev–Trinajstić information content (AvgIpc) is 2.85. The van der Waals surface area contributed by atoms with Crippen molar-refractivity contribution in [1.29, 1.82) is 0 Å². The number of carbonyl (C=O) groups excluding carboxylic acids is 1. The van der Waals surface area contributed by atoms with Gasteiger partial charge in [0.15, 0.2) is 11.1 Å². The number of hydrogen-bond acceptors (Lipinski definition) is 6. The molecule has 2 aromatic carbocycles. The predicted octanol–water partition coefficient (Wildman–Crippen LogP) is 5.15. The van der Waals surface area contributed by atoms with E-state index in [1.54, 1.807) is 39.1 Å². The molecule has 1 amide bonds. The lowest BCUT2D eigenvalue weighted by molar-refractivity contribution is 0.0692. The van der Waals surface area contributed by atoms with Crippen LogP contribution in [-0.2, 0) is 0 Å². The normalized spacial score (nSPS) is 12.4. The second kappa shape index (κ2) is 9.95. The molecule has 4 aromatic rings. The molecule has 3 N–H and O–H groups in total. The number of benzene rings is 2. The van der Waals surface area contributed by atoms with Crippen LogP contribution in [0.4, 0.5) is 5.69 Å². The van der Waals surface area contributed by atoms with Crippen molar-refractivity contribution >= 4 is 22.6 Å². The third-order valence-corrected chi connectivity index (χ3v) is 5.97. The quantitative estimate of drug-likeness (QED) is 0.335. The van der Waals surface area contributed by atoms with Crippen LogP contribution >= 0.6 is 0 Å². The van der Waals surface area contributed by atoms with Crippen molar-refractivity contribution in [2.24, 2.45) is 0 Å². The maximum absolute atomic E-state index is 13.3. The molecule has 0 aliphatic rings. The number of pyridine rings is 1. The maximum atomic E-state index is 13.3. The molecular formula is C29H31N3O4. The Morgan fingerprint density at radius 1 is 1.11 bits per heavy atom. The van der Waals surface area contributed by atoms with Gasteiger partial charge in [-0.1, -0.05) is 36.4 Å². The van der Waals surface area contributed by atoms with Gasteiger partial charge in [-0.15, -0.1) is 0 Å². The number of hydrogen-bond donors (Lipinski definition) is 3. The highest BCUT2D eigenvalue weighted by Crippen LogP contribution is 2.32. The Morgan fingerprint density at radius 2 is 1.83 bits per heavy atom. The highest BCUT2D eigenvalue weighted by Gasteiger charge is 2.22. The number of aliphatic hydroxyl groups is 1. The molecular weight excluding hydrogens is 454 g/mol. The van der Waals surface area contributed by atoms with E-state index in [2.05, 4.69) is 15.6 Å². The van der Waals surface area contributed by atoms with Gasteiger partial charge < -0.3 is 20.2 Å². The first kappa shape index (κ1) is 25.1. The van der Waals surface area contributed by atoms with Crippen molar-refractivity contribution < 1.29 is 14.3 Å². The first-order valence-electron chi connectivity index (χ1n) is 11.9. The Labute approximate surface area is 210 Å². The minimum atomic E-state index is -1.04. The van der Waals surface area contributed by atoms with Gasteiger partial charge in [-0.3, -0.25) is 9.59 Å². The monoisotopic (exact) mass is 485 g/mol. The highest BCUT2D eigenvalue weighted by molar-refractivity contribution is 5.97.